The number of fused-ring (bicyclic) bond motifs is 1. The van der Waals surface area contributed by atoms with E-state index in [4.69, 9.17) is 16.3 Å². The number of ketones is 1. The minimum absolute atomic E-state index is 0.194. The van der Waals surface area contributed by atoms with Gasteiger partial charge in [-0.1, -0.05) is 42.5 Å². The fourth-order valence-electron chi connectivity index (χ4n) is 4.40. The van der Waals surface area contributed by atoms with E-state index in [2.05, 4.69) is 11.6 Å². The Hall–Kier alpha value is -3.70. The van der Waals surface area contributed by atoms with Crippen LogP contribution in [0.1, 0.15) is 23.2 Å². The molecule has 1 spiro atoms. The molecule has 3 aromatic rings. The van der Waals surface area contributed by atoms with Crippen LogP contribution in [-0.4, -0.2) is 23.3 Å². The summed E-state index contributed by atoms with van der Waals surface area (Å²) in [5.74, 6) is 0.597. The van der Waals surface area contributed by atoms with Crippen molar-refractivity contribution in [2.45, 2.75) is 12.8 Å². The molecule has 1 aromatic heterocycles. The lowest BCUT2D eigenvalue weighted by molar-refractivity contribution is -0.125. The van der Waals surface area contributed by atoms with Gasteiger partial charge in [0.15, 0.2) is 11.6 Å². The number of nitrogens with zero attached hydrogens (tertiary/aromatic N) is 2. The highest BCUT2D eigenvalue weighted by molar-refractivity contribution is 6.30. The van der Waals surface area contributed by atoms with Gasteiger partial charge in [0.25, 0.3) is 0 Å². The van der Waals surface area contributed by atoms with Gasteiger partial charge in [-0.3, -0.25) is 14.5 Å². The van der Waals surface area contributed by atoms with Crippen molar-refractivity contribution in [1.82, 2.24) is 4.98 Å². The maximum atomic E-state index is 13.9. The first-order chi connectivity index (χ1) is 16.0. The Morgan fingerprint density at radius 2 is 1.82 bits per heavy atom. The van der Waals surface area contributed by atoms with Crippen LogP contribution in [0.25, 0.3) is 0 Å². The molecular weight excluding hydrogens is 436 g/mol. The van der Waals surface area contributed by atoms with Crippen LogP contribution in [0.5, 0.6) is 5.75 Å². The number of para-hydroxylation sites is 1. The first-order valence-corrected chi connectivity index (χ1v) is 11.0. The number of anilines is 2. The van der Waals surface area contributed by atoms with E-state index in [1.807, 2.05) is 36.4 Å². The highest BCUT2D eigenvalue weighted by Crippen LogP contribution is 2.50. The van der Waals surface area contributed by atoms with Gasteiger partial charge in [-0.05, 0) is 72.5 Å². The van der Waals surface area contributed by atoms with Crippen molar-refractivity contribution in [3.8, 4) is 5.75 Å². The average molecular weight is 457 g/mol. The molecule has 1 aliphatic carbocycles. The van der Waals surface area contributed by atoms with E-state index in [-0.39, 0.29) is 24.7 Å². The molecule has 0 saturated heterocycles. The molecule has 2 heterocycles. The Morgan fingerprint density at radius 1 is 1.06 bits per heavy atom. The first kappa shape index (κ1) is 21.2. The van der Waals surface area contributed by atoms with Gasteiger partial charge >= 0.3 is 0 Å². The predicted octanol–water partition coefficient (Wildman–Crippen LogP) is 5.94. The standard InChI is InChI=1S/C27H21ClN2O3/c1-18(17-33-22-11-9-20(28)10-12-22)19-13-14-27(16-19)24(31)23-8-5-15-29-25(23)30(26(27)32)21-6-3-2-4-7-21/h2-13,15H,1,14,16-17H2. The Kier molecular flexibility index (Phi) is 5.35. The average Bonchev–Trinajstić information content (AvgIpc) is 3.30. The van der Waals surface area contributed by atoms with Crippen LogP contribution in [0.4, 0.5) is 11.5 Å². The normalized spacial score (nSPS) is 19.4. The molecule has 2 aromatic carbocycles. The molecule has 1 unspecified atom stereocenters. The van der Waals surface area contributed by atoms with E-state index in [1.165, 1.54) is 0 Å². The highest BCUT2D eigenvalue weighted by atomic mass is 35.5. The smallest absolute Gasteiger partial charge is 0.247 e. The molecule has 5 nitrogen and oxygen atoms in total. The molecule has 0 saturated carbocycles. The maximum absolute atomic E-state index is 13.9. The summed E-state index contributed by atoms with van der Waals surface area (Å²) < 4.78 is 5.82. The van der Waals surface area contributed by atoms with Crippen LogP contribution in [0, 0.1) is 5.41 Å². The van der Waals surface area contributed by atoms with Crippen LogP contribution >= 0.6 is 11.6 Å². The number of benzene rings is 2. The molecule has 0 bridgehead atoms. The Bertz CT molecular complexity index is 1280. The van der Waals surface area contributed by atoms with Crippen LogP contribution in [0.3, 0.4) is 0 Å². The van der Waals surface area contributed by atoms with Crippen molar-refractivity contribution >= 4 is 34.8 Å². The quantitative estimate of drug-likeness (QED) is 0.446. The Labute approximate surface area is 197 Å². The molecule has 164 valence electrons. The molecular formula is C27H21ClN2O3. The fourth-order valence-corrected chi connectivity index (χ4v) is 4.53. The molecule has 1 atom stereocenters. The third-order valence-corrected chi connectivity index (χ3v) is 6.43. The van der Waals surface area contributed by atoms with Crippen molar-refractivity contribution in [2.75, 3.05) is 11.5 Å². The molecule has 0 radical (unpaired) electrons. The third kappa shape index (κ3) is 3.64. The van der Waals surface area contributed by atoms with Crippen molar-refractivity contribution < 1.29 is 14.3 Å². The SMILES string of the molecule is C=C(COc1ccc(Cl)cc1)C1=CCC2(C1)C(=O)c1cccnc1N(c1ccccc1)C2=O. The number of amides is 1. The summed E-state index contributed by atoms with van der Waals surface area (Å²) in [6.45, 7) is 4.41. The number of carbonyl (C=O) groups is 2. The van der Waals surface area contributed by atoms with E-state index in [1.54, 1.807) is 47.5 Å². The summed E-state index contributed by atoms with van der Waals surface area (Å²) in [6, 6.07) is 19.9. The zero-order chi connectivity index (χ0) is 23.0. The summed E-state index contributed by atoms with van der Waals surface area (Å²) >= 11 is 5.93. The summed E-state index contributed by atoms with van der Waals surface area (Å²) in [4.78, 5) is 33.4. The van der Waals surface area contributed by atoms with E-state index in [0.717, 1.165) is 11.1 Å². The molecule has 1 amide bonds. The summed E-state index contributed by atoms with van der Waals surface area (Å²) in [5.41, 5.74) is 1.55. The number of halogens is 1. The number of allylic oxidation sites excluding steroid dienone is 1. The third-order valence-electron chi connectivity index (χ3n) is 6.17. The van der Waals surface area contributed by atoms with Crippen LogP contribution in [0.15, 0.2) is 96.7 Å². The molecule has 2 aliphatic rings. The number of carbonyl (C=O) groups excluding carboxylic acids is 2. The Morgan fingerprint density at radius 3 is 2.58 bits per heavy atom. The topological polar surface area (TPSA) is 59.5 Å². The van der Waals surface area contributed by atoms with Gasteiger partial charge in [0.1, 0.15) is 17.8 Å². The van der Waals surface area contributed by atoms with Gasteiger partial charge in [-0.15, -0.1) is 0 Å². The van der Waals surface area contributed by atoms with Crippen molar-refractivity contribution in [2.24, 2.45) is 5.41 Å². The zero-order valence-electron chi connectivity index (χ0n) is 17.8. The molecule has 1 aliphatic heterocycles. The molecule has 0 N–H and O–H groups in total. The number of hydrogen-bond donors (Lipinski definition) is 0. The van der Waals surface area contributed by atoms with E-state index in [9.17, 15) is 9.59 Å². The van der Waals surface area contributed by atoms with Crippen LogP contribution in [-0.2, 0) is 4.79 Å². The van der Waals surface area contributed by atoms with Crippen LogP contribution < -0.4 is 9.64 Å². The largest absolute Gasteiger partial charge is 0.489 e. The van der Waals surface area contributed by atoms with Crippen molar-refractivity contribution in [3.63, 3.8) is 0 Å². The second-order valence-electron chi connectivity index (χ2n) is 8.22. The number of hydrogen-bond acceptors (Lipinski definition) is 4. The van der Waals surface area contributed by atoms with Crippen molar-refractivity contribution in [1.29, 1.82) is 0 Å². The zero-order valence-corrected chi connectivity index (χ0v) is 18.6. The van der Waals surface area contributed by atoms with E-state index in [0.29, 0.717) is 34.3 Å². The molecule has 6 heteroatoms. The minimum Gasteiger partial charge on any atom is -0.489 e. The fraction of sp³-hybridized carbons (Fsp3) is 0.148. The number of aromatic nitrogens is 1. The second kappa shape index (κ2) is 8.34. The van der Waals surface area contributed by atoms with Gasteiger partial charge in [0.2, 0.25) is 5.91 Å². The van der Waals surface area contributed by atoms with Gasteiger partial charge in [0.05, 0.1) is 11.3 Å². The summed E-state index contributed by atoms with van der Waals surface area (Å²) in [6.07, 6.45) is 4.14. The lowest BCUT2D eigenvalue weighted by Gasteiger charge is -2.38. The van der Waals surface area contributed by atoms with E-state index >= 15 is 0 Å². The lowest BCUT2D eigenvalue weighted by atomic mass is 9.73. The lowest BCUT2D eigenvalue weighted by Crippen LogP contribution is -2.50. The maximum Gasteiger partial charge on any atom is 0.247 e. The summed E-state index contributed by atoms with van der Waals surface area (Å²) in [5, 5.41) is 0.633. The summed E-state index contributed by atoms with van der Waals surface area (Å²) in [7, 11) is 0. The minimum atomic E-state index is -1.20. The molecule has 0 fully saturated rings. The first-order valence-electron chi connectivity index (χ1n) is 10.6. The molecule has 5 rings (SSSR count). The number of rotatable bonds is 5. The monoisotopic (exact) mass is 456 g/mol. The van der Waals surface area contributed by atoms with Crippen LogP contribution in [0.2, 0.25) is 5.02 Å². The Balaban J connectivity index is 1.42. The number of ether oxygens (including phenoxy) is 1. The predicted molar refractivity (Wildman–Crippen MR) is 128 cm³/mol. The van der Waals surface area contributed by atoms with Gasteiger partial charge in [-0.2, -0.15) is 0 Å². The van der Waals surface area contributed by atoms with E-state index < -0.39 is 5.41 Å². The van der Waals surface area contributed by atoms with Gasteiger partial charge in [-0.25, -0.2) is 4.98 Å². The molecule has 33 heavy (non-hydrogen) atoms. The highest BCUT2D eigenvalue weighted by Gasteiger charge is 2.55. The van der Waals surface area contributed by atoms with Gasteiger partial charge in [0, 0.05) is 11.2 Å². The second-order valence-corrected chi connectivity index (χ2v) is 8.65. The number of pyridine rings is 1. The number of Topliss-reactive ketones (excluding diaryl/α,β-unsaturated/α-hetero) is 1. The van der Waals surface area contributed by atoms with Crippen molar-refractivity contribution in [3.05, 3.63) is 107 Å². The van der Waals surface area contributed by atoms with Gasteiger partial charge < -0.3 is 4.74 Å².